The summed E-state index contributed by atoms with van der Waals surface area (Å²) in [4.78, 5) is 2.47. The van der Waals surface area contributed by atoms with Gasteiger partial charge in [0.1, 0.15) is 12.4 Å². The van der Waals surface area contributed by atoms with Gasteiger partial charge in [-0.25, -0.2) is 0 Å². The lowest BCUT2D eigenvalue weighted by molar-refractivity contribution is 0.215. The monoisotopic (exact) mass is 290 g/mol. The Morgan fingerprint density at radius 1 is 1.50 bits per heavy atom. The van der Waals surface area contributed by atoms with E-state index >= 15 is 0 Å². The first-order valence-corrected chi connectivity index (χ1v) is 8.08. The molecule has 0 radical (unpaired) electrons. The van der Waals surface area contributed by atoms with Gasteiger partial charge in [-0.2, -0.15) is 11.8 Å². The summed E-state index contributed by atoms with van der Waals surface area (Å²) < 4.78 is 5.82. The first-order chi connectivity index (χ1) is 9.78. The highest BCUT2D eigenvalue weighted by atomic mass is 32.2. The summed E-state index contributed by atoms with van der Waals surface area (Å²) in [5.74, 6) is 7.99. The molecule has 1 fully saturated rings. The van der Waals surface area contributed by atoms with Crippen molar-refractivity contribution in [3.8, 4) is 17.6 Å². The van der Waals surface area contributed by atoms with Gasteiger partial charge in [0, 0.05) is 36.2 Å². The number of ether oxygens (including phenoxy) is 1. The normalized spacial score (nSPS) is 19.2. The van der Waals surface area contributed by atoms with Crippen molar-refractivity contribution in [3.63, 3.8) is 0 Å². The molecule has 1 aliphatic heterocycles. The van der Waals surface area contributed by atoms with Crippen LogP contribution in [0.15, 0.2) is 24.3 Å². The molecular formula is C16H22N2OS. The second-order valence-corrected chi connectivity index (χ2v) is 6.41. The first-order valence-electron chi connectivity index (χ1n) is 7.03. The molecule has 1 saturated heterocycles. The van der Waals surface area contributed by atoms with Crippen LogP contribution < -0.4 is 10.5 Å². The molecule has 2 rings (SSSR count). The predicted octanol–water partition coefficient (Wildman–Crippen LogP) is 1.81. The maximum Gasteiger partial charge on any atom is 0.120 e. The fraction of sp³-hybridized carbons (Fsp3) is 0.500. The number of nitrogens with zero attached hydrogens (tertiary/aromatic N) is 1. The first kappa shape index (κ1) is 15.2. The van der Waals surface area contributed by atoms with Crippen LogP contribution in [0.2, 0.25) is 0 Å². The summed E-state index contributed by atoms with van der Waals surface area (Å²) in [6, 6.07) is 7.88. The number of rotatable bonds is 4. The molecule has 4 heteroatoms. The molecule has 2 N–H and O–H groups in total. The van der Waals surface area contributed by atoms with Gasteiger partial charge in [0.15, 0.2) is 0 Å². The van der Waals surface area contributed by atoms with E-state index in [-0.39, 0.29) is 0 Å². The van der Waals surface area contributed by atoms with Crippen LogP contribution in [0.5, 0.6) is 5.75 Å². The van der Waals surface area contributed by atoms with Crippen LogP contribution in [0, 0.1) is 11.8 Å². The molecule has 1 heterocycles. The van der Waals surface area contributed by atoms with E-state index in [9.17, 15) is 0 Å². The standard InChI is InChI=1S/C16H22N2OS/c1-14-13-18(9-11-20-14)8-10-19-16-6-2-4-15(12-16)5-3-7-17/h2,4,6,12,14H,7-11,13,17H2,1H3. The van der Waals surface area contributed by atoms with E-state index in [1.165, 1.54) is 12.3 Å². The molecule has 20 heavy (non-hydrogen) atoms. The molecule has 0 saturated carbocycles. The van der Waals surface area contributed by atoms with Crippen LogP contribution in [-0.2, 0) is 0 Å². The van der Waals surface area contributed by atoms with Crippen LogP contribution in [0.4, 0.5) is 0 Å². The zero-order chi connectivity index (χ0) is 14.2. The van der Waals surface area contributed by atoms with Gasteiger partial charge in [-0.1, -0.05) is 24.8 Å². The fourth-order valence-electron chi connectivity index (χ4n) is 2.20. The number of hydrogen-bond acceptors (Lipinski definition) is 4. The molecule has 108 valence electrons. The summed E-state index contributed by atoms with van der Waals surface area (Å²) in [7, 11) is 0. The minimum Gasteiger partial charge on any atom is -0.492 e. The second kappa shape index (κ2) is 8.21. The fourth-order valence-corrected chi connectivity index (χ4v) is 3.29. The molecule has 1 aromatic carbocycles. The Bertz CT molecular complexity index is 481. The minimum atomic E-state index is 0.385. The van der Waals surface area contributed by atoms with E-state index in [1.54, 1.807) is 0 Å². The van der Waals surface area contributed by atoms with Gasteiger partial charge in [-0.05, 0) is 18.2 Å². The van der Waals surface area contributed by atoms with Crippen molar-refractivity contribution in [2.24, 2.45) is 5.73 Å². The van der Waals surface area contributed by atoms with Crippen molar-refractivity contribution < 1.29 is 4.74 Å². The Kier molecular flexibility index (Phi) is 6.25. The predicted molar refractivity (Wildman–Crippen MR) is 86.2 cm³/mol. The van der Waals surface area contributed by atoms with Gasteiger partial charge < -0.3 is 10.5 Å². The van der Waals surface area contributed by atoms with Crippen molar-refractivity contribution in [1.82, 2.24) is 4.90 Å². The Balaban J connectivity index is 1.79. The van der Waals surface area contributed by atoms with E-state index in [1.807, 2.05) is 24.3 Å². The van der Waals surface area contributed by atoms with Crippen molar-refractivity contribution in [3.05, 3.63) is 29.8 Å². The van der Waals surface area contributed by atoms with Gasteiger partial charge in [0.25, 0.3) is 0 Å². The van der Waals surface area contributed by atoms with Crippen LogP contribution >= 0.6 is 11.8 Å². The molecule has 0 aromatic heterocycles. The van der Waals surface area contributed by atoms with Crippen molar-refractivity contribution in [2.45, 2.75) is 12.2 Å². The lowest BCUT2D eigenvalue weighted by atomic mass is 10.2. The van der Waals surface area contributed by atoms with E-state index in [2.05, 4.69) is 35.4 Å². The van der Waals surface area contributed by atoms with E-state index < -0.39 is 0 Å². The molecule has 1 atom stereocenters. The van der Waals surface area contributed by atoms with Crippen LogP contribution in [0.3, 0.4) is 0 Å². The zero-order valence-electron chi connectivity index (χ0n) is 12.0. The van der Waals surface area contributed by atoms with Gasteiger partial charge in [-0.15, -0.1) is 0 Å². The minimum absolute atomic E-state index is 0.385. The summed E-state index contributed by atoms with van der Waals surface area (Å²) >= 11 is 2.05. The third kappa shape index (κ3) is 5.09. The number of nitrogens with two attached hydrogens (primary N) is 1. The summed E-state index contributed by atoms with van der Waals surface area (Å²) in [5.41, 5.74) is 6.33. The maximum absolute atomic E-state index is 5.82. The zero-order valence-corrected chi connectivity index (χ0v) is 12.8. The SMILES string of the molecule is CC1CN(CCOc2cccc(C#CCN)c2)CCS1. The average Bonchev–Trinajstić information content (AvgIpc) is 2.46. The molecule has 1 aliphatic rings. The molecule has 3 nitrogen and oxygen atoms in total. The lowest BCUT2D eigenvalue weighted by Crippen LogP contribution is -2.39. The molecule has 0 spiro atoms. The smallest absolute Gasteiger partial charge is 0.120 e. The van der Waals surface area contributed by atoms with Crippen LogP contribution in [0.25, 0.3) is 0 Å². The van der Waals surface area contributed by atoms with E-state index in [0.29, 0.717) is 6.54 Å². The second-order valence-electron chi connectivity index (χ2n) is 4.86. The number of hydrogen-bond donors (Lipinski definition) is 1. The molecular weight excluding hydrogens is 268 g/mol. The van der Waals surface area contributed by atoms with Crippen molar-refractivity contribution in [1.29, 1.82) is 0 Å². The quantitative estimate of drug-likeness (QED) is 0.859. The highest BCUT2D eigenvalue weighted by Gasteiger charge is 2.15. The lowest BCUT2D eigenvalue weighted by Gasteiger charge is -2.30. The maximum atomic E-state index is 5.82. The third-order valence-electron chi connectivity index (χ3n) is 3.17. The highest BCUT2D eigenvalue weighted by Crippen LogP contribution is 2.17. The van der Waals surface area contributed by atoms with Crippen molar-refractivity contribution >= 4 is 11.8 Å². The van der Waals surface area contributed by atoms with Gasteiger partial charge in [0.05, 0.1) is 6.54 Å². The van der Waals surface area contributed by atoms with Gasteiger partial charge >= 0.3 is 0 Å². The number of thioether (sulfide) groups is 1. The Morgan fingerprint density at radius 2 is 2.40 bits per heavy atom. The molecule has 0 amide bonds. The average molecular weight is 290 g/mol. The van der Waals surface area contributed by atoms with E-state index in [0.717, 1.165) is 36.3 Å². The largest absolute Gasteiger partial charge is 0.492 e. The topological polar surface area (TPSA) is 38.5 Å². The molecule has 1 unspecified atom stereocenters. The number of benzene rings is 1. The van der Waals surface area contributed by atoms with Gasteiger partial charge in [-0.3, -0.25) is 4.90 Å². The Hall–Kier alpha value is -1.15. The third-order valence-corrected chi connectivity index (χ3v) is 4.31. The molecule has 0 aliphatic carbocycles. The summed E-state index contributed by atoms with van der Waals surface area (Å²) in [5, 5.41) is 0.735. The highest BCUT2D eigenvalue weighted by molar-refractivity contribution is 7.99. The van der Waals surface area contributed by atoms with E-state index in [4.69, 9.17) is 10.5 Å². The Morgan fingerprint density at radius 3 is 3.20 bits per heavy atom. The Labute approximate surface area is 125 Å². The summed E-state index contributed by atoms with van der Waals surface area (Å²) in [6.07, 6.45) is 0. The van der Waals surface area contributed by atoms with Crippen molar-refractivity contribution in [2.75, 3.05) is 38.5 Å². The molecule has 0 bridgehead atoms. The van der Waals surface area contributed by atoms with Gasteiger partial charge in [0.2, 0.25) is 0 Å². The summed E-state index contributed by atoms with van der Waals surface area (Å²) in [6.45, 7) is 6.72. The van der Waals surface area contributed by atoms with Crippen LogP contribution in [0.1, 0.15) is 12.5 Å². The van der Waals surface area contributed by atoms with Crippen LogP contribution in [-0.4, -0.2) is 48.7 Å². The molecule has 1 aromatic rings.